The number of nitrogens with one attached hydrogen (secondary N) is 3. The highest BCUT2D eigenvalue weighted by Crippen LogP contribution is 2.24. The summed E-state index contributed by atoms with van der Waals surface area (Å²) in [5, 5.41) is 3.63. The van der Waals surface area contributed by atoms with Crippen LogP contribution in [0.2, 0.25) is 0 Å². The van der Waals surface area contributed by atoms with Gasteiger partial charge in [-0.05, 0) is 11.8 Å². The monoisotopic (exact) mass is 329 g/mol. The van der Waals surface area contributed by atoms with Gasteiger partial charge in [0, 0.05) is 31.4 Å². The smallest absolute Gasteiger partial charge is 0.254 e. The molecule has 1 aromatic heterocycles. The highest BCUT2D eigenvalue weighted by atomic mass is 32.2. The molecule has 1 aliphatic heterocycles. The third kappa shape index (κ3) is 3.87. The number of benzene rings is 1. The molecule has 23 heavy (non-hydrogen) atoms. The van der Waals surface area contributed by atoms with Crippen LogP contribution in [0, 0.1) is 5.92 Å². The first-order valence-corrected chi connectivity index (χ1v) is 8.68. The number of hydrogen-bond acceptors (Lipinski definition) is 6. The van der Waals surface area contributed by atoms with Gasteiger partial charge in [0.1, 0.15) is 0 Å². The fourth-order valence-electron chi connectivity index (χ4n) is 2.61. The van der Waals surface area contributed by atoms with E-state index in [2.05, 4.69) is 38.3 Å². The lowest BCUT2D eigenvalue weighted by molar-refractivity contribution is 0.0946. The van der Waals surface area contributed by atoms with Crippen LogP contribution in [0.4, 0.5) is 0 Å². The third-order valence-electron chi connectivity index (χ3n) is 3.85. The van der Waals surface area contributed by atoms with Crippen molar-refractivity contribution in [1.29, 1.82) is 0 Å². The molecule has 0 saturated carbocycles. The van der Waals surface area contributed by atoms with E-state index in [1.165, 1.54) is 17.3 Å². The molecule has 2 aromatic rings. The summed E-state index contributed by atoms with van der Waals surface area (Å²) >= 11 is 1.45. The van der Waals surface area contributed by atoms with Gasteiger partial charge in [0.25, 0.3) is 5.91 Å². The first-order chi connectivity index (χ1) is 11.3. The summed E-state index contributed by atoms with van der Waals surface area (Å²) in [4.78, 5) is 20.5. The van der Waals surface area contributed by atoms with Crippen LogP contribution in [0.1, 0.15) is 22.0 Å². The van der Waals surface area contributed by atoms with E-state index in [9.17, 15) is 4.79 Å². The molecule has 2 atom stereocenters. The maximum atomic E-state index is 12.2. The van der Waals surface area contributed by atoms with Gasteiger partial charge in [-0.15, -0.1) is 0 Å². The van der Waals surface area contributed by atoms with Crippen LogP contribution >= 0.6 is 11.8 Å². The zero-order valence-corrected chi connectivity index (χ0v) is 13.6. The van der Waals surface area contributed by atoms with E-state index in [-0.39, 0.29) is 17.9 Å². The number of amides is 1. The lowest BCUT2D eigenvalue weighted by Crippen LogP contribution is -2.32. The molecule has 1 fully saturated rings. The van der Waals surface area contributed by atoms with E-state index in [0.717, 1.165) is 6.54 Å². The maximum Gasteiger partial charge on any atom is 0.254 e. The molecular weight excluding hydrogens is 310 g/mol. The number of aromatic nitrogens is 2. The van der Waals surface area contributed by atoms with E-state index < -0.39 is 0 Å². The molecule has 0 aliphatic carbocycles. The molecule has 3 N–H and O–H groups in total. The number of thioether (sulfide) groups is 1. The van der Waals surface area contributed by atoms with Crippen LogP contribution in [0.3, 0.4) is 0 Å². The normalized spacial score (nSPS) is 20.4. The minimum Gasteiger partial charge on any atom is -0.352 e. The number of nitrogens with zero attached hydrogens (tertiary/aromatic N) is 2. The van der Waals surface area contributed by atoms with Gasteiger partial charge in [-0.3, -0.25) is 10.2 Å². The zero-order valence-electron chi connectivity index (χ0n) is 12.8. The fourth-order valence-corrected chi connectivity index (χ4v) is 2.92. The molecule has 0 bridgehead atoms. The SMILES string of the molecule is CSc1ncc(C(=O)NCC2CNNC2c2ccccc2)cn1. The summed E-state index contributed by atoms with van der Waals surface area (Å²) in [6.07, 6.45) is 5.03. The van der Waals surface area contributed by atoms with Crippen molar-refractivity contribution in [2.45, 2.75) is 11.2 Å². The largest absolute Gasteiger partial charge is 0.352 e. The van der Waals surface area contributed by atoms with Crippen LogP contribution in [0.5, 0.6) is 0 Å². The van der Waals surface area contributed by atoms with Crippen molar-refractivity contribution in [2.75, 3.05) is 19.3 Å². The Morgan fingerprint density at radius 2 is 2.04 bits per heavy atom. The maximum absolute atomic E-state index is 12.2. The topological polar surface area (TPSA) is 78.9 Å². The van der Waals surface area contributed by atoms with Gasteiger partial charge in [-0.25, -0.2) is 15.4 Å². The molecule has 0 spiro atoms. The van der Waals surface area contributed by atoms with Gasteiger partial charge >= 0.3 is 0 Å². The molecule has 1 aromatic carbocycles. The molecule has 2 heterocycles. The standard InChI is InChI=1S/C16H19N5OS/c1-23-16-18-8-13(9-19-16)15(22)17-7-12-10-20-21-14(12)11-5-3-2-4-6-11/h2-6,8-9,12,14,20-21H,7,10H2,1H3,(H,17,22). The minimum atomic E-state index is -0.142. The molecular formula is C16H19N5OS. The summed E-state index contributed by atoms with van der Waals surface area (Å²) in [6.45, 7) is 1.39. The predicted molar refractivity (Wildman–Crippen MR) is 90.0 cm³/mol. The first kappa shape index (κ1) is 15.9. The van der Waals surface area contributed by atoms with Gasteiger partial charge < -0.3 is 5.32 Å². The van der Waals surface area contributed by atoms with E-state index in [0.29, 0.717) is 17.3 Å². The van der Waals surface area contributed by atoms with Gasteiger partial charge in [0.15, 0.2) is 5.16 Å². The average Bonchev–Trinajstić information content (AvgIpc) is 3.09. The summed E-state index contributed by atoms with van der Waals surface area (Å²) in [5.74, 6) is 0.143. The molecule has 2 unspecified atom stereocenters. The van der Waals surface area contributed by atoms with Crippen molar-refractivity contribution in [3.05, 3.63) is 53.9 Å². The van der Waals surface area contributed by atoms with Crippen molar-refractivity contribution in [1.82, 2.24) is 26.1 Å². The second-order valence-electron chi connectivity index (χ2n) is 5.34. The fraction of sp³-hybridized carbons (Fsp3) is 0.312. The van der Waals surface area contributed by atoms with Crippen LogP contribution < -0.4 is 16.2 Å². The lowest BCUT2D eigenvalue weighted by atomic mass is 9.95. The Hall–Kier alpha value is -1.96. The molecule has 120 valence electrons. The first-order valence-electron chi connectivity index (χ1n) is 7.45. The van der Waals surface area contributed by atoms with Gasteiger partial charge in [0.2, 0.25) is 0 Å². The van der Waals surface area contributed by atoms with Gasteiger partial charge in [-0.1, -0.05) is 42.1 Å². The number of hydrazine groups is 1. The Morgan fingerprint density at radius 1 is 1.30 bits per heavy atom. The number of hydrogen-bond donors (Lipinski definition) is 3. The van der Waals surface area contributed by atoms with E-state index in [4.69, 9.17) is 0 Å². The Bertz CT molecular complexity index is 649. The Labute approximate surface area is 139 Å². The molecule has 1 saturated heterocycles. The highest BCUT2D eigenvalue weighted by molar-refractivity contribution is 7.98. The second kappa shape index (κ2) is 7.54. The summed E-state index contributed by atoms with van der Waals surface area (Å²) in [6, 6.07) is 10.4. The van der Waals surface area contributed by atoms with Crippen molar-refractivity contribution in [3.8, 4) is 0 Å². The lowest BCUT2D eigenvalue weighted by Gasteiger charge is -2.19. The highest BCUT2D eigenvalue weighted by Gasteiger charge is 2.28. The van der Waals surface area contributed by atoms with E-state index in [1.807, 2.05) is 24.5 Å². The molecule has 7 heteroatoms. The Kier molecular flexibility index (Phi) is 5.22. The number of carbonyl (C=O) groups excluding carboxylic acids is 1. The van der Waals surface area contributed by atoms with E-state index in [1.54, 1.807) is 12.4 Å². The summed E-state index contributed by atoms with van der Waals surface area (Å²) in [7, 11) is 0. The molecule has 3 rings (SSSR count). The predicted octanol–water partition coefficient (Wildman–Crippen LogP) is 1.39. The van der Waals surface area contributed by atoms with Crippen LogP contribution in [-0.2, 0) is 0 Å². The summed E-state index contributed by atoms with van der Waals surface area (Å²) < 4.78 is 0. The summed E-state index contributed by atoms with van der Waals surface area (Å²) in [5.41, 5.74) is 8.14. The van der Waals surface area contributed by atoms with Crippen molar-refractivity contribution >= 4 is 17.7 Å². The molecule has 1 amide bonds. The molecule has 1 aliphatic rings. The van der Waals surface area contributed by atoms with Crippen LogP contribution in [0.15, 0.2) is 47.9 Å². The third-order valence-corrected chi connectivity index (χ3v) is 4.43. The van der Waals surface area contributed by atoms with Crippen LogP contribution in [0.25, 0.3) is 0 Å². The van der Waals surface area contributed by atoms with Crippen molar-refractivity contribution in [2.24, 2.45) is 5.92 Å². The van der Waals surface area contributed by atoms with Gasteiger partial charge in [0.05, 0.1) is 11.6 Å². The number of rotatable bonds is 5. The number of carbonyl (C=O) groups is 1. The van der Waals surface area contributed by atoms with Crippen molar-refractivity contribution < 1.29 is 4.79 Å². The Balaban J connectivity index is 1.59. The van der Waals surface area contributed by atoms with Crippen molar-refractivity contribution in [3.63, 3.8) is 0 Å². The quantitative estimate of drug-likeness (QED) is 0.568. The minimum absolute atomic E-state index is 0.142. The van der Waals surface area contributed by atoms with E-state index >= 15 is 0 Å². The Morgan fingerprint density at radius 3 is 2.74 bits per heavy atom. The van der Waals surface area contributed by atoms with Crippen LogP contribution in [-0.4, -0.2) is 35.2 Å². The zero-order chi connectivity index (χ0) is 16.1. The van der Waals surface area contributed by atoms with Gasteiger partial charge in [-0.2, -0.15) is 0 Å². The molecule has 6 nitrogen and oxygen atoms in total. The average molecular weight is 329 g/mol. The second-order valence-corrected chi connectivity index (χ2v) is 6.12. The molecule has 0 radical (unpaired) electrons.